The molecule has 1 aliphatic carbocycles. The van der Waals surface area contributed by atoms with E-state index >= 15 is 0 Å². The molecule has 132 valence electrons. The van der Waals surface area contributed by atoms with Gasteiger partial charge in [0.1, 0.15) is 5.82 Å². The van der Waals surface area contributed by atoms with Crippen LogP contribution in [0.25, 0.3) is 0 Å². The standard InChI is InChI=1S/C20H23FN2OS/c21-17-3-1-15(2-4-17)11-19(24)23(13-16-5-10-25-14-16)18-12-20(18)6-8-22-9-7-20/h1-5,10,14,18,22H,6-9,11-13H2. The molecule has 1 N–H and O–H groups in total. The minimum absolute atomic E-state index is 0.151. The average Bonchev–Trinajstić information content (AvgIpc) is 3.06. The molecular formula is C20H23FN2OS. The largest absolute Gasteiger partial charge is 0.334 e. The van der Waals surface area contributed by atoms with Crippen LogP contribution in [0.1, 0.15) is 30.4 Å². The maximum Gasteiger partial charge on any atom is 0.227 e. The summed E-state index contributed by atoms with van der Waals surface area (Å²) in [5.74, 6) is -0.111. The van der Waals surface area contributed by atoms with E-state index in [1.807, 2.05) is 0 Å². The minimum Gasteiger partial charge on any atom is -0.334 e. The van der Waals surface area contributed by atoms with Gasteiger partial charge in [0.25, 0.3) is 0 Å². The number of thiophene rings is 1. The predicted octanol–water partition coefficient (Wildman–Crippen LogP) is 3.60. The van der Waals surface area contributed by atoms with Crippen LogP contribution in [0, 0.1) is 11.2 Å². The fourth-order valence-corrected chi connectivity index (χ4v) is 4.72. The molecule has 5 heteroatoms. The number of piperidine rings is 1. The third-order valence-corrected chi connectivity index (χ3v) is 6.38. The highest BCUT2D eigenvalue weighted by molar-refractivity contribution is 7.07. The fourth-order valence-electron chi connectivity index (χ4n) is 4.06. The van der Waals surface area contributed by atoms with Crippen molar-refractivity contribution in [2.45, 2.75) is 38.3 Å². The normalized spacial score (nSPS) is 21.2. The van der Waals surface area contributed by atoms with Gasteiger partial charge in [0.2, 0.25) is 5.91 Å². The lowest BCUT2D eigenvalue weighted by Crippen LogP contribution is -2.39. The summed E-state index contributed by atoms with van der Waals surface area (Å²) in [4.78, 5) is 15.1. The van der Waals surface area contributed by atoms with E-state index in [2.05, 4.69) is 27.0 Å². The lowest BCUT2D eigenvalue weighted by Gasteiger charge is -2.29. The van der Waals surface area contributed by atoms with Gasteiger partial charge in [-0.1, -0.05) is 12.1 Å². The molecule has 2 fully saturated rings. The summed E-state index contributed by atoms with van der Waals surface area (Å²) in [5, 5.41) is 7.60. The van der Waals surface area contributed by atoms with Crippen molar-refractivity contribution >= 4 is 17.2 Å². The number of amides is 1. The zero-order valence-electron chi connectivity index (χ0n) is 14.2. The Bertz CT molecular complexity index is 723. The molecule has 1 saturated carbocycles. The number of halogens is 1. The highest BCUT2D eigenvalue weighted by Crippen LogP contribution is 2.56. The molecule has 25 heavy (non-hydrogen) atoms. The number of benzene rings is 1. The molecule has 1 atom stereocenters. The van der Waals surface area contributed by atoms with Crippen LogP contribution >= 0.6 is 11.3 Å². The third kappa shape index (κ3) is 3.62. The SMILES string of the molecule is O=C(Cc1ccc(F)cc1)N(Cc1ccsc1)C1CC12CCNCC2. The summed E-state index contributed by atoms with van der Waals surface area (Å²) >= 11 is 1.67. The van der Waals surface area contributed by atoms with Crippen molar-refractivity contribution in [3.8, 4) is 0 Å². The van der Waals surface area contributed by atoms with E-state index in [9.17, 15) is 9.18 Å². The van der Waals surface area contributed by atoms with Crippen LogP contribution in [0.15, 0.2) is 41.1 Å². The van der Waals surface area contributed by atoms with Crippen LogP contribution in [0.4, 0.5) is 4.39 Å². The zero-order valence-corrected chi connectivity index (χ0v) is 15.0. The second kappa shape index (κ2) is 6.89. The molecule has 2 heterocycles. The molecule has 1 saturated heterocycles. The predicted molar refractivity (Wildman–Crippen MR) is 97.9 cm³/mol. The Balaban J connectivity index is 1.50. The molecule has 1 spiro atoms. The Labute approximate surface area is 151 Å². The van der Waals surface area contributed by atoms with Crippen molar-refractivity contribution in [2.24, 2.45) is 5.41 Å². The van der Waals surface area contributed by atoms with Gasteiger partial charge in [-0.25, -0.2) is 4.39 Å². The maximum atomic E-state index is 13.1. The Hall–Kier alpha value is -1.72. The molecule has 0 radical (unpaired) electrons. The van der Waals surface area contributed by atoms with Gasteiger partial charge >= 0.3 is 0 Å². The van der Waals surface area contributed by atoms with Crippen LogP contribution in [0.5, 0.6) is 0 Å². The fraction of sp³-hybridized carbons (Fsp3) is 0.450. The number of hydrogen-bond acceptors (Lipinski definition) is 3. The Morgan fingerprint density at radius 3 is 2.64 bits per heavy atom. The number of carbonyl (C=O) groups is 1. The van der Waals surface area contributed by atoms with E-state index in [0.717, 1.165) is 37.9 Å². The second-order valence-electron chi connectivity index (χ2n) is 7.29. The van der Waals surface area contributed by atoms with Crippen molar-refractivity contribution in [3.63, 3.8) is 0 Å². The molecule has 1 amide bonds. The average molecular weight is 358 g/mol. The van der Waals surface area contributed by atoms with Gasteiger partial charge in [0.15, 0.2) is 0 Å². The van der Waals surface area contributed by atoms with E-state index in [-0.39, 0.29) is 11.7 Å². The number of rotatable bonds is 5. The first-order valence-electron chi connectivity index (χ1n) is 8.92. The van der Waals surface area contributed by atoms with Gasteiger partial charge in [0, 0.05) is 12.6 Å². The molecule has 0 bridgehead atoms. The number of nitrogens with one attached hydrogen (secondary N) is 1. The lowest BCUT2D eigenvalue weighted by atomic mass is 9.93. The van der Waals surface area contributed by atoms with Crippen LogP contribution < -0.4 is 5.32 Å². The monoisotopic (exact) mass is 358 g/mol. The molecule has 4 rings (SSSR count). The van der Waals surface area contributed by atoms with E-state index in [0.29, 0.717) is 24.4 Å². The van der Waals surface area contributed by atoms with Crippen LogP contribution in [0.2, 0.25) is 0 Å². The molecule has 1 aromatic carbocycles. The summed E-state index contributed by atoms with van der Waals surface area (Å²) in [6, 6.07) is 8.73. The van der Waals surface area contributed by atoms with Gasteiger partial charge in [0.05, 0.1) is 6.42 Å². The molecule has 1 aromatic heterocycles. The van der Waals surface area contributed by atoms with Crippen LogP contribution in [0.3, 0.4) is 0 Å². The van der Waals surface area contributed by atoms with E-state index in [1.165, 1.54) is 17.7 Å². The summed E-state index contributed by atoms with van der Waals surface area (Å²) in [6.07, 6.45) is 3.77. The van der Waals surface area contributed by atoms with Crippen LogP contribution in [-0.4, -0.2) is 29.9 Å². The highest BCUT2D eigenvalue weighted by Gasteiger charge is 2.57. The third-order valence-electron chi connectivity index (χ3n) is 5.64. The van der Waals surface area contributed by atoms with E-state index in [4.69, 9.17) is 0 Å². The summed E-state index contributed by atoms with van der Waals surface area (Å²) in [5.41, 5.74) is 2.40. The first-order chi connectivity index (χ1) is 12.2. The number of carbonyl (C=O) groups excluding carboxylic acids is 1. The maximum absolute atomic E-state index is 13.1. The quantitative estimate of drug-likeness (QED) is 0.886. The molecule has 2 aromatic rings. The van der Waals surface area contributed by atoms with Gasteiger partial charge in [-0.15, -0.1) is 0 Å². The van der Waals surface area contributed by atoms with Crippen molar-refractivity contribution < 1.29 is 9.18 Å². The van der Waals surface area contributed by atoms with Crippen molar-refractivity contribution in [3.05, 3.63) is 58.0 Å². The smallest absolute Gasteiger partial charge is 0.227 e. The Morgan fingerprint density at radius 1 is 1.20 bits per heavy atom. The number of hydrogen-bond donors (Lipinski definition) is 1. The van der Waals surface area contributed by atoms with Gasteiger partial charge in [-0.05, 0) is 77.9 Å². The second-order valence-corrected chi connectivity index (χ2v) is 8.07. The van der Waals surface area contributed by atoms with Crippen LogP contribution in [-0.2, 0) is 17.8 Å². The summed E-state index contributed by atoms with van der Waals surface area (Å²) in [6.45, 7) is 2.78. The van der Waals surface area contributed by atoms with E-state index < -0.39 is 0 Å². The molecule has 3 nitrogen and oxygen atoms in total. The number of nitrogens with zero attached hydrogens (tertiary/aromatic N) is 1. The molecule has 1 aliphatic heterocycles. The van der Waals surface area contributed by atoms with E-state index in [1.54, 1.807) is 23.5 Å². The minimum atomic E-state index is -0.262. The van der Waals surface area contributed by atoms with Gasteiger partial charge in [-0.2, -0.15) is 11.3 Å². The van der Waals surface area contributed by atoms with Crippen molar-refractivity contribution in [1.82, 2.24) is 10.2 Å². The van der Waals surface area contributed by atoms with Gasteiger partial charge < -0.3 is 10.2 Å². The lowest BCUT2D eigenvalue weighted by molar-refractivity contribution is -0.132. The first kappa shape index (κ1) is 16.7. The summed E-state index contributed by atoms with van der Waals surface area (Å²) in [7, 11) is 0. The first-order valence-corrected chi connectivity index (χ1v) is 9.86. The Morgan fingerprint density at radius 2 is 1.96 bits per heavy atom. The molecule has 2 aliphatic rings. The summed E-state index contributed by atoms with van der Waals surface area (Å²) < 4.78 is 13.1. The van der Waals surface area contributed by atoms with Crippen molar-refractivity contribution in [2.75, 3.05) is 13.1 Å². The molecular weight excluding hydrogens is 335 g/mol. The topological polar surface area (TPSA) is 32.3 Å². The highest BCUT2D eigenvalue weighted by atomic mass is 32.1. The van der Waals surface area contributed by atoms with Gasteiger partial charge in [-0.3, -0.25) is 4.79 Å². The molecule has 1 unspecified atom stereocenters. The van der Waals surface area contributed by atoms with Crippen molar-refractivity contribution in [1.29, 1.82) is 0 Å². The zero-order chi connectivity index (χ0) is 17.3. The Kier molecular flexibility index (Phi) is 4.61.